The molecule has 1 atom stereocenters. The van der Waals surface area contributed by atoms with Crippen molar-refractivity contribution < 1.29 is 0 Å². The van der Waals surface area contributed by atoms with Gasteiger partial charge in [-0.05, 0) is 42.9 Å². The van der Waals surface area contributed by atoms with E-state index in [4.69, 9.17) is 4.98 Å². The Bertz CT molecular complexity index is 768. The lowest BCUT2D eigenvalue weighted by atomic mass is 9.85. The predicted octanol–water partition coefficient (Wildman–Crippen LogP) is 4.42. The number of nitrogens with one attached hydrogen (secondary N) is 1. The first kappa shape index (κ1) is 14.4. The van der Waals surface area contributed by atoms with Crippen LogP contribution in [0.25, 0.3) is 0 Å². The molecule has 0 amide bonds. The van der Waals surface area contributed by atoms with Gasteiger partial charge in [-0.3, -0.25) is 0 Å². The molecular weight excluding hydrogens is 302 g/mol. The average molecular weight is 321 g/mol. The molecule has 2 aromatic heterocycles. The lowest BCUT2D eigenvalue weighted by Gasteiger charge is -2.21. The smallest absolute Gasteiger partial charge is 0.126 e. The van der Waals surface area contributed by atoms with Crippen molar-refractivity contribution in [2.45, 2.75) is 31.7 Å². The van der Waals surface area contributed by atoms with E-state index in [1.807, 2.05) is 29.5 Å². The summed E-state index contributed by atoms with van der Waals surface area (Å²) >= 11 is 1.85. The molecule has 0 spiro atoms. The van der Waals surface area contributed by atoms with E-state index in [1.165, 1.54) is 22.6 Å². The Morgan fingerprint density at radius 2 is 1.96 bits per heavy atom. The van der Waals surface area contributed by atoms with Crippen molar-refractivity contribution in [3.8, 4) is 0 Å². The van der Waals surface area contributed by atoms with Crippen LogP contribution in [0.5, 0.6) is 0 Å². The first-order valence-electron chi connectivity index (χ1n) is 8.06. The van der Waals surface area contributed by atoms with Crippen LogP contribution >= 0.6 is 11.3 Å². The standard InChI is InChI=1S/C19H19N3S/c1-2-6-14(7-3-1)15-9-10-16-17(12-15)23-19(22-16)13-21-18-8-4-5-11-20-18/h1-8,11,15H,9-10,12-13H2,(H,20,21). The quantitative estimate of drug-likeness (QED) is 0.773. The van der Waals surface area contributed by atoms with Crippen LogP contribution in [0.2, 0.25) is 0 Å². The van der Waals surface area contributed by atoms with Crippen LogP contribution < -0.4 is 5.32 Å². The molecule has 0 bridgehead atoms. The Balaban J connectivity index is 1.45. The van der Waals surface area contributed by atoms with Crippen molar-refractivity contribution in [1.29, 1.82) is 0 Å². The zero-order chi connectivity index (χ0) is 15.5. The Morgan fingerprint density at radius 1 is 1.09 bits per heavy atom. The van der Waals surface area contributed by atoms with Crippen LogP contribution in [-0.4, -0.2) is 9.97 Å². The van der Waals surface area contributed by atoms with E-state index >= 15 is 0 Å². The number of aryl methyl sites for hydroxylation is 1. The third-order valence-corrected chi connectivity index (χ3v) is 5.46. The molecule has 1 N–H and O–H groups in total. The summed E-state index contributed by atoms with van der Waals surface area (Å²) < 4.78 is 0. The van der Waals surface area contributed by atoms with Crippen molar-refractivity contribution in [3.63, 3.8) is 0 Å². The van der Waals surface area contributed by atoms with Crippen LogP contribution in [-0.2, 0) is 19.4 Å². The average Bonchev–Trinajstić information content (AvgIpc) is 3.04. The van der Waals surface area contributed by atoms with E-state index in [0.717, 1.165) is 30.2 Å². The lowest BCUT2D eigenvalue weighted by molar-refractivity contribution is 0.584. The maximum absolute atomic E-state index is 4.82. The highest BCUT2D eigenvalue weighted by Crippen LogP contribution is 2.35. The molecule has 3 aromatic rings. The highest BCUT2D eigenvalue weighted by atomic mass is 32.1. The van der Waals surface area contributed by atoms with E-state index in [1.54, 1.807) is 6.20 Å². The van der Waals surface area contributed by atoms with Crippen LogP contribution in [0.3, 0.4) is 0 Å². The van der Waals surface area contributed by atoms with Gasteiger partial charge in [0.15, 0.2) is 0 Å². The van der Waals surface area contributed by atoms with Crippen molar-refractivity contribution in [1.82, 2.24) is 9.97 Å². The third kappa shape index (κ3) is 3.27. The maximum atomic E-state index is 4.82. The summed E-state index contributed by atoms with van der Waals surface area (Å²) in [5, 5.41) is 4.51. The molecular formula is C19H19N3S. The van der Waals surface area contributed by atoms with Crippen LogP contribution in [0.15, 0.2) is 54.7 Å². The van der Waals surface area contributed by atoms with Crippen LogP contribution in [0.1, 0.15) is 33.5 Å². The summed E-state index contributed by atoms with van der Waals surface area (Å²) in [6.45, 7) is 0.755. The Labute approximate surface area is 140 Å². The van der Waals surface area contributed by atoms with Gasteiger partial charge < -0.3 is 5.32 Å². The monoisotopic (exact) mass is 321 g/mol. The maximum Gasteiger partial charge on any atom is 0.126 e. The minimum Gasteiger partial charge on any atom is -0.364 e. The minimum atomic E-state index is 0.640. The largest absolute Gasteiger partial charge is 0.364 e. The fourth-order valence-electron chi connectivity index (χ4n) is 3.15. The van der Waals surface area contributed by atoms with E-state index in [2.05, 4.69) is 40.6 Å². The molecule has 0 radical (unpaired) electrons. The molecule has 23 heavy (non-hydrogen) atoms. The number of anilines is 1. The molecule has 0 fully saturated rings. The topological polar surface area (TPSA) is 37.8 Å². The van der Waals surface area contributed by atoms with E-state index in [-0.39, 0.29) is 0 Å². The Morgan fingerprint density at radius 3 is 2.78 bits per heavy atom. The summed E-state index contributed by atoms with van der Waals surface area (Å²) in [5.41, 5.74) is 2.76. The molecule has 1 aliphatic carbocycles. The van der Waals surface area contributed by atoms with E-state index in [0.29, 0.717) is 5.92 Å². The summed E-state index contributed by atoms with van der Waals surface area (Å²) in [6, 6.07) is 16.8. The fourth-order valence-corrected chi connectivity index (χ4v) is 4.28. The predicted molar refractivity (Wildman–Crippen MR) is 94.9 cm³/mol. The number of nitrogens with zero attached hydrogens (tertiary/aromatic N) is 2. The normalized spacial score (nSPS) is 16.8. The Hall–Kier alpha value is -2.20. The SMILES string of the molecule is c1ccc(C2CCc3nc(CNc4ccccn4)sc3C2)cc1. The van der Waals surface area contributed by atoms with Crippen LogP contribution in [0, 0.1) is 0 Å². The number of hydrogen-bond acceptors (Lipinski definition) is 4. The second-order valence-corrected chi connectivity index (χ2v) is 7.06. The fraction of sp³-hybridized carbons (Fsp3) is 0.263. The van der Waals surface area contributed by atoms with Crippen LogP contribution in [0.4, 0.5) is 5.82 Å². The van der Waals surface area contributed by atoms with Gasteiger partial charge in [-0.15, -0.1) is 11.3 Å². The van der Waals surface area contributed by atoms with Crippen molar-refractivity contribution in [2.24, 2.45) is 0 Å². The first-order valence-corrected chi connectivity index (χ1v) is 8.87. The number of thiazole rings is 1. The second kappa shape index (κ2) is 6.50. The highest BCUT2D eigenvalue weighted by Gasteiger charge is 2.23. The van der Waals surface area contributed by atoms with Gasteiger partial charge in [-0.1, -0.05) is 36.4 Å². The highest BCUT2D eigenvalue weighted by molar-refractivity contribution is 7.11. The Kier molecular flexibility index (Phi) is 4.07. The molecule has 0 aliphatic heterocycles. The molecule has 1 aromatic carbocycles. The van der Waals surface area contributed by atoms with Gasteiger partial charge in [0.2, 0.25) is 0 Å². The summed E-state index contributed by atoms with van der Waals surface area (Å²) in [4.78, 5) is 10.6. The molecule has 2 heterocycles. The molecule has 116 valence electrons. The summed E-state index contributed by atoms with van der Waals surface area (Å²) in [5.74, 6) is 1.54. The molecule has 1 unspecified atom stereocenters. The zero-order valence-electron chi connectivity index (χ0n) is 12.9. The molecule has 0 saturated heterocycles. The number of fused-ring (bicyclic) bond motifs is 1. The van der Waals surface area contributed by atoms with E-state index in [9.17, 15) is 0 Å². The number of aromatic nitrogens is 2. The number of hydrogen-bond donors (Lipinski definition) is 1. The molecule has 3 nitrogen and oxygen atoms in total. The number of rotatable bonds is 4. The molecule has 4 heteroatoms. The molecule has 0 saturated carbocycles. The van der Waals surface area contributed by atoms with Crippen molar-refractivity contribution in [3.05, 3.63) is 75.9 Å². The van der Waals surface area contributed by atoms with Gasteiger partial charge in [-0.2, -0.15) is 0 Å². The van der Waals surface area contributed by atoms with Crippen molar-refractivity contribution in [2.75, 3.05) is 5.32 Å². The van der Waals surface area contributed by atoms with Gasteiger partial charge in [0.25, 0.3) is 0 Å². The molecule has 1 aliphatic rings. The lowest BCUT2D eigenvalue weighted by Crippen LogP contribution is -2.11. The second-order valence-electron chi connectivity index (χ2n) is 5.90. The number of pyridine rings is 1. The van der Waals surface area contributed by atoms with Gasteiger partial charge in [0.05, 0.1) is 12.2 Å². The summed E-state index contributed by atoms with van der Waals surface area (Å²) in [6.07, 6.45) is 5.23. The van der Waals surface area contributed by atoms with Gasteiger partial charge >= 0.3 is 0 Å². The van der Waals surface area contributed by atoms with Gasteiger partial charge in [0, 0.05) is 11.1 Å². The van der Waals surface area contributed by atoms with Crippen molar-refractivity contribution >= 4 is 17.2 Å². The number of benzene rings is 1. The van der Waals surface area contributed by atoms with Gasteiger partial charge in [-0.25, -0.2) is 9.97 Å². The van der Waals surface area contributed by atoms with E-state index < -0.39 is 0 Å². The summed E-state index contributed by atoms with van der Waals surface area (Å²) in [7, 11) is 0. The zero-order valence-corrected chi connectivity index (χ0v) is 13.7. The third-order valence-electron chi connectivity index (χ3n) is 4.34. The van der Waals surface area contributed by atoms with Gasteiger partial charge in [0.1, 0.15) is 10.8 Å². The minimum absolute atomic E-state index is 0.640. The molecule has 4 rings (SSSR count). The first-order chi connectivity index (χ1) is 11.4.